The summed E-state index contributed by atoms with van der Waals surface area (Å²) in [7, 11) is 0. The summed E-state index contributed by atoms with van der Waals surface area (Å²) in [5, 5.41) is 0. The molecule has 2 nitrogen and oxygen atoms in total. The smallest absolute Gasteiger partial charge is 0.233 e. The van der Waals surface area contributed by atoms with Crippen LogP contribution in [0.1, 0.15) is 174 Å². The van der Waals surface area contributed by atoms with Crippen molar-refractivity contribution >= 4 is 11.6 Å². The highest BCUT2D eigenvalue weighted by molar-refractivity contribution is 6.50. The van der Waals surface area contributed by atoms with E-state index < -0.39 is 0 Å². The zero-order valence-corrected chi connectivity index (χ0v) is 32.6. The van der Waals surface area contributed by atoms with Crippen molar-refractivity contribution < 1.29 is 9.59 Å². The first kappa shape index (κ1) is 41.0. The molecule has 0 aliphatic carbocycles. The van der Waals surface area contributed by atoms with E-state index in [2.05, 4.69) is 50.2 Å². The van der Waals surface area contributed by atoms with Crippen LogP contribution in [0.2, 0.25) is 0 Å². The molecule has 0 amide bonds. The van der Waals surface area contributed by atoms with Gasteiger partial charge in [0.2, 0.25) is 11.6 Å². The molecule has 0 atom stereocenters. The molecule has 52 heavy (non-hydrogen) atoms. The second kappa shape index (κ2) is 24.5. The van der Waals surface area contributed by atoms with Gasteiger partial charge in [-0.15, -0.1) is 0 Å². The SMILES string of the molecule is CCCCCCCCCCCCc1c(C(=O)C(=O)c2cccc(-c3ccccc3)c2CCCCCCCCCCCC)cccc1-c1ccccc1. The fraction of sp³-hybridized carbons (Fsp3) is 0.480. The Hall–Kier alpha value is -3.78. The lowest BCUT2D eigenvalue weighted by Gasteiger charge is -2.17. The van der Waals surface area contributed by atoms with Gasteiger partial charge in [0.15, 0.2) is 0 Å². The van der Waals surface area contributed by atoms with Gasteiger partial charge in [0, 0.05) is 11.1 Å². The molecular weight excluding hydrogens is 633 g/mol. The molecule has 2 heteroatoms. The topological polar surface area (TPSA) is 34.1 Å². The molecule has 0 fully saturated rings. The highest BCUT2D eigenvalue weighted by Gasteiger charge is 2.26. The number of carbonyl (C=O) groups is 2. The maximum atomic E-state index is 14.4. The maximum absolute atomic E-state index is 14.4. The Labute approximate surface area is 316 Å². The van der Waals surface area contributed by atoms with Crippen LogP contribution in [-0.2, 0) is 12.8 Å². The highest BCUT2D eigenvalue weighted by atomic mass is 16.2. The summed E-state index contributed by atoms with van der Waals surface area (Å²) in [6.07, 6.45) is 26.9. The Morgan fingerprint density at radius 2 is 0.654 bits per heavy atom. The Morgan fingerprint density at radius 3 is 0.981 bits per heavy atom. The van der Waals surface area contributed by atoms with Crippen LogP contribution in [0.15, 0.2) is 97.1 Å². The van der Waals surface area contributed by atoms with Crippen LogP contribution in [0.3, 0.4) is 0 Å². The van der Waals surface area contributed by atoms with E-state index in [0.29, 0.717) is 11.1 Å². The summed E-state index contributed by atoms with van der Waals surface area (Å²) in [6, 6.07) is 32.6. The molecule has 0 aliphatic rings. The largest absolute Gasteiger partial charge is 0.285 e. The molecule has 0 aromatic heterocycles. The van der Waals surface area contributed by atoms with Crippen LogP contribution in [0, 0.1) is 0 Å². The molecule has 0 spiro atoms. The zero-order chi connectivity index (χ0) is 36.6. The van der Waals surface area contributed by atoms with Gasteiger partial charge in [0.25, 0.3) is 0 Å². The van der Waals surface area contributed by atoms with Crippen molar-refractivity contribution in [1.82, 2.24) is 0 Å². The first-order valence-corrected chi connectivity index (χ1v) is 21.1. The molecule has 0 saturated heterocycles. The van der Waals surface area contributed by atoms with Gasteiger partial charge in [-0.2, -0.15) is 0 Å². The average Bonchev–Trinajstić information content (AvgIpc) is 3.19. The first-order valence-electron chi connectivity index (χ1n) is 21.1. The van der Waals surface area contributed by atoms with Crippen molar-refractivity contribution in [2.45, 2.75) is 155 Å². The van der Waals surface area contributed by atoms with Crippen molar-refractivity contribution in [3.63, 3.8) is 0 Å². The second-order valence-electron chi connectivity index (χ2n) is 14.9. The molecule has 0 unspecified atom stereocenters. The molecule has 0 N–H and O–H groups in total. The number of rotatable bonds is 27. The van der Waals surface area contributed by atoms with Crippen LogP contribution < -0.4 is 0 Å². The normalized spacial score (nSPS) is 11.2. The van der Waals surface area contributed by atoms with E-state index in [-0.39, 0.29) is 11.6 Å². The van der Waals surface area contributed by atoms with Gasteiger partial charge in [-0.1, -0.05) is 226 Å². The lowest BCUT2D eigenvalue weighted by molar-refractivity contribution is 0.0815. The summed E-state index contributed by atoms with van der Waals surface area (Å²) in [5.41, 5.74) is 7.50. The van der Waals surface area contributed by atoms with E-state index in [4.69, 9.17) is 0 Å². The van der Waals surface area contributed by atoms with Gasteiger partial charge in [-0.25, -0.2) is 0 Å². The van der Waals surface area contributed by atoms with Gasteiger partial charge in [-0.3, -0.25) is 9.59 Å². The van der Waals surface area contributed by atoms with E-state index in [1.807, 2.05) is 60.7 Å². The third-order valence-electron chi connectivity index (χ3n) is 10.8. The number of hydrogen-bond donors (Lipinski definition) is 0. The zero-order valence-electron chi connectivity index (χ0n) is 32.6. The molecule has 4 aromatic carbocycles. The van der Waals surface area contributed by atoms with Crippen molar-refractivity contribution in [2.24, 2.45) is 0 Å². The quantitative estimate of drug-likeness (QED) is 0.0353. The van der Waals surface area contributed by atoms with Crippen LogP contribution in [0.25, 0.3) is 22.3 Å². The fourth-order valence-corrected chi connectivity index (χ4v) is 7.74. The molecule has 0 saturated carbocycles. The minimum atomic E-state index is -0.380. The van der Waals surface area contributed by atoms with E-state index in [9.17, 15) is 9.59 Å². The van der Waals surface area contributed by atoms with Gasteiger partial charge >= 0.3 is 0 Å². The third-order valence-corrected chi connectivity index (χ3v) is 10.8. The second-order valence-corrected chi connectivity index (χ2v) is 14.9. The number of Topliss-reactive ketones (excluding diaryl/α,β-unsaturated/α-hetero) is 2. The summed E-state index contributed by atoms with van der Waals surface area (Å²) in [4.78, 5) is 28.8. The van der Waals surface area contributed by atoms with Gasteiger partial charge < -0.3 is 0 Å². The van der Waals surface area contributed by atoms with Gasteiger partial charge in [0.1, 0.15) is 0 Å². The third kappa shape index (κ3) is 13.3. The van der Waals surface area contributed by atoms with Crippen LogP contribution in [0.4, 0.5) is 0 Å². The van der Waals surface area contributed by atoms with E-state index in [1.165, 1.54) is 103 Å². The summed E-state index contributed by atoms with van der Waals surface area (Å²) in [5.74, 6) is -0.760. The molecule has 4 aromatic rings. The number of ketones is 2. The van der Waals surface area contributed by atoms with Gasteiger partial charge in [-0.05, 0) is 59.1 Å². The Morgan fingerprint density at radius 1 is 0.346 bits per heavy atom. The summed E-state index contributed by atoms with van der Waals surface area (Å²) >= 11 is 0. The highest BCUT2D eigenvalue weighted by Crippen LogP contribution is 2.32. The number of unbranched alkanes of at least 4 members (excludes halogenated alkanes) is 18. The maximum Gasteiger partial charge on any atom is 0.233 e. The Balaban J connectivity index is 1.50. The minimum Gasteiger partial charge on any atom is -0.285 e. The van der Waals surface area contributed by atoms with Crippen molar-refractivity contribution in [2.75, 3.05) is 0 Å². The Kier molecular flexibility index (Phi) is 19.3. The van der Waals surface area contributed by atoms with Crippen molar-refractivity contribution in [3.8, 4) is 22.3 Å². The molecule has 0 heterocycles. The predicted octanol–water partition coefficient (Wildman–Crippen LogP) is 15.0. The van der Waals surface area contributed by atoms with Crippen LogP contribution in [-0.4, -0.2) is 11.6 Å². The fourth-order valence-electron chi connectivity index (χ4n) is 7.74. The molecule has 0 aliphatic heterocycles. The molecule has 278 valence electrons. The number of benzene rings is 4. The van der Waals surface area contributed by atoms with Crippen molar-refractivity contribution in [1.29, 1.82) is 0 Å². The standard InChI is InChI=1S/C50H66O2/c1-3-5-7-9-11-13-15-17-19-27-35-45-43(41-31-23-21-24-32-41)37-29-39-47(45)49(51)50(52)48-40-30-38-44(42-33-25-22-26-34-42)46(48)36-28-20-18-16-14-12-10-8-6-4-2/h21-26,29-34,37-40H,3-20,27-28,35-36H2,1-2H3. The Bertz CT molecular complexity index is 1460. The van der Waals surface area contributed by atoms with E-state index in [1.54, 1.807) is 0 Å². The number of carbonyl (C=O) groups excluding carboxylic acids is 2. The first-order chi connectivity index (χ1) is 25.7. The van der Waals surface area contributed by atoms with E-state index in [0.717, 1.165) is 71.9 Å². The molecule has 4 rings (SSSR count). The lowest BCUT2D eigenvalue weighted by atomic mass is 9.85. The average molecular weight is 699 g/mol. The summed E-state index contributed by atoms with van der Waals surface area (Å²) in [6.45, 7) is 4.54. The summed E-state index contributed by atoms with van der Waals surface area (Å²) < 4.78 is 0. The molecule has 0 bridgehead atoms. The van der Waals surface area contributed by atoms with Crippen LogP contribution in [0.5, 0.6) is 0 Å². The predicted molar refractivity (Wildman–Crippen MR) is 224 cm³/mol. The molecular formula is C50H66O2. The number of hydrogen-bond acceptors (Lipinski definition) is 2. The van der Waals surface area contributed by atoms with E-state index >= 15 is 0 Å². The monoisotopic (exact) mass is 699 g/mol. The van der Waals surface area contributed by atoms with Gasteiger partial charge in [0.05, 0.1) is 0 Å². The minimum absolute atomic E-state index is 0.380. The van der Waals surface area contributed by atoms with Crippen molar-refractivity contribution in [3.05, 3.63) is 119 Å². The lowest BCUT2D eigenvalue weighted by Crippen LogP contribution is -2.19. The van der Waals surface area contributed by atoms with Crippen LogP contribution >= 0.6 is 0 Å². The molecule has 0 radical (unpaired) electrons.